The first-order valence-electron chi connectivity index (χ1n) is 7.85. The van der Waals surface area contributed by atoms with E-state index in [1.807, 2.05) is 24.3 Å². The number of non-ortho nitro benzene ring substituents is 1. The Kier molecular flexibility index (Phi) is 5.88. The number of halogens is 1. The number of nitrogens with zero attached hydrogens (tertiary/aromatic N) is 2. The van der Waals surface area contributed by atoms with Gasteiger partial charge in [0.1, 0.15) is 0 Å². The van der Waals surface area contributed by atoms with Gasteiger partial charge in [-0.25, -0.2) is 0 Å². The van der Waals surface area contributed by atoms with E-state index in [1.54, 1.807) is 30.4 Å². The van der Waals surface area contributed by atoms with Crippen LogP contribution >= 0.6 is 27.7 Å². The summed E-state index contributed by atoms with van der Waals surface area (Å²) in [6.45, 7) is 0.212. The quantitative estimate of drug-likeness (QED) is 0.361. The van der Waals surface area contributed by atoms with Crippen molar-refractivity contribution in [3.63, 3.8) is 0 Å². The van der Waals surface area contributed by atoms with E-state index in [0.29, 0.717) is 10.5 Å². The maximum Gasteiger partial charge on any atom is 0.293 e. The van der Waals surface area contributed by atoms with Crippen LogP contribution in [0.15, 0.2) is 70.1 Å². The maximum absolute atomic E-state index is 12.5. The number of thioether (sulfide) groups is 1. The van der Waals surface area contributed by atoms with Gasteiger partial charge < -0.3 is 0 Å². The van der Waals surface area contributed by atoms with Crippen molar-refractivity contribution in [3.8, 4) is 0 Å². The van der Waals surface area contributed by atoms with Crippen LogP contribution in [0, 0.1) is 10.1 Å². The summed E-state index contributed by atoms with van der Waals surface area (Å²) in [4.78, 5) is 36.4. The molecule has 1 aliphatic heterocycles. The van der Waals surface area contributed by atoms with Crippen LogP contribution in [0.1, 0.15) is 11.1 Å². The molecule has 0 N–H and O–H groups in total. The van der Waals surface area contributed by atoms with Crippen LogP contribution in [0.25, 0.3) is 6.08 Å². The number of benzene rings is 2. The number of carbonyl (C=O) groups excluding carboxylic acids is 2. The summed E-state index contributed by atoms with van der Waals surface area (Å²) >= 11 is 4.22. The molecular formula is C19H13BrN2O4S. The monoisotopic (exact) mass is 444 g/mol. The lowest BCUT2D eigenvalue weighted by atomic mass is 10.2. The molecule has 2 aromatic carbocycles. The van der Waals surface area contributed by atoms with Gasteiger partial charge >= 0.3 is 0 Å². The van der Waals surface area contributed by atoms with Crippen molar-refractivity contribution < 1.29 is 14.5 Å². The van der Waals surface area contributed by atoms with Gasteiger partial charge in [0, 0.05) is 16.6 Å². The highest BCUT2D eigenvalue weighted by Crippen LogP contribution is 2.32. The van der Waals surface area contributed by atoms with E-state index in [2.05, 4.69) is 15.9 Å². The first-order valence-corrected chi connectivity index (χ1v) is 9.46. The maximum atomic E-state index is 12.5. The number of rotatable bonds is 5. The Morgan fingerprint density at radius 2 is 1.89 bits per heavy atom. The van der Waals surface area contributed by atoms with E-state index >= 15 is 0 Å². The van der Waals surface area contributed by atoms with E-state index in [4.69, 9.17) is 0 Å². The molecule has 8 heteroatoms. The van der Waals surface area contributed by atoms with Gasteiger partial charge in [0.25, 0.3) is 16.8 Å². The van der Waals surface area contributed by atoms with Gasteiger partial charge in [0.05, 0.1) is 16.4 Å². The van der Waals surface area contributed by atoms with Crippen molar-refractivity contribution >= 4 is 50.6 Å². The molecule has 1 aliphatic rings. The normalized spacial score (nSPS) is 15.9. The fraction of sp³-hybridized carbons (Fsp3) is 0.0526. The Labute approximate surface area is 167 Å². The fourth-order valence-corrected chi connectivity index (χ4v) is 3.47. The molecule has 0 saturated carbocycles. The summed E-state index contributed by atoms with van der Waals surface area (Å²) in [5, 5.41) is 10.5. The van der Waals surface area contributed by atoms with Gasteiger partial charge in [0.2, 0.25) is 0 Å². The minimum atomic E-state index is -0.467. The third-order valence-corrected chi connectivity index (χ3v) is 5.20. The highest BCUT2D eigenvalue weighted by atomic mass is 79.9. The Morgan fingerprint density at radius 1 is 1.15 bits per heavy atom. The molecule has 2 amide bonds. The predicted octanol–water partition coefficient (Wildman–Crippen LogP) is 5.15. The van der Waals surface area contributed by atoms with Crippen LogP contribution in [0.2, 0.25) is 0 Å². The zero-order valence-corrected chi connectivity index (χ0v) is 16.3. The average molecular weight is 445 g/mol. The van der Waals surface area contributed by atoms with Gasteiger partial charge in [-0.3, -0.25) is 24.6 Å². The minimum Gasteiger partial charge on any atom is -0.268 e. The molecule has 6 nitrogen and oxygen atoms in total. The van der Waals surface area contributed by atoms with E-state index < -0.39 is 4.92 Å². The van der Waals surface area contributed by atoms with Crippen LogP contribution in [-0.2, 0) is 11.3 Å². The Hall–Kier alpha value is -2.71. The molecule has 0 bridgehead atoms. The van der Waals surface area contributed by atoms with Gasteiger partial charge in [-0.2, -0.15) is 0 Å². The van der Waals surface area contributed by atoms with Crippen LogP contribution in [0.4, 0.5) is 10.5 Å². The van der Waals surface area contributed by atoms with E-state index in [9.17, 15) is 19.7 Å². The first kappa shape index (κ1) is 19.1. The third-order valence-electron chi connectivity index (χ3n) is 3.74. The number of carbonyl (C=O) groups is 2. The smallest absolute Gasteiger partial charge is 0.268 e. The van der Waals surface area contributed by atoms with Crippen LogP contribution in [0.5, 0.6) is 0 Å². The van der Waals surface area contributed by atoms with Crippen molar-refractivity contribution in [1.82, 2.24) is 4.90 Å². The summed E-state index contributed by atoms with van der Waals surface area (Å²) in [7, 11) is 0. The Bertz CT molecular complexity index is 970. The van der Waals surface area contributed by atoms with Crippen molar-refractivity contribution in [2.24, 2.45) is 0 Å². The zero-order valence-electron chi connectivity index (χ0n) is 13.9. The standard InChI is InChI=1S/C19H13BrN2O4S/c20-15-9-7-14(8-10-15)12-21-18(23)17(27-19(21)24)6-2-4-13-3-1-5-16(11-13)22(25)26/h1-11H,12H2/b4-2+,17-6-. The summed E-state index contributed by atoms with van der Waals surface area (Å²) in [6, 6.07) is 13.5. The highest BCUT2D eigenvalue weighted by Gasteiger charge is 2.34. The molecule has 1 saturated heterocycles. The summed E-state index contributed by atoms with van der Waals surface area (Å²) in [5.41, 5.74) is 1.48. The summed E-state index contributed by atoms with van der Waals surface area (Å²) < 4.78 is 0.923. The molecule has 0 unspecified atom stereocenters. The summed E-state index contributed by atoms with van der Waals surface area (Å²) in [5.74, 6) is -0.350. The molecule has 1 heterocycles. The second kappa shape index (κ2) is 8.32. The van der Waals surface area contributed by atoms with Gasteiger partial charge in [0.15, 0.2) is 0 Å². The molecule has 0 atom stereocenters. The number of amides is 2. The van der Waals surface area contributed by atoms with Crippen molar-refractivity contribution in [1.29, 1.82) is 0 Å². The topological polar surface area (TPSA) is 80.5 Å². The molecule has 27 heavy (non-hydrogen) atoms. The molecule has 1 fully saturated rings. The zero-order chi connectivity index (χ0) is 19.4. The molecule has 0 aliphatic carbocycles. The number of nitro groups is 1. The number of nitro benzene ring substituents is 1. The van der Waals surface area contributed by atoms with Crippen LogP contribution < -0.4 is 0 Å². The molecule has 0 aromatic heterocycles. The summed E-state index contributed by atoms with van der Waals surface area (Å²) in [6.07, 6.45) is 4.80. The molecular weight excluding hydrogens is 432 g/mol. The SMILES string of the molecule is O=C1S/C(=C\C=C\c2cccc([N+](=O)[O-])c2)C(=O)N1Cc1ccc(Br)cc1. The number of hydrogen-bond acceptors (Lipinski definition) is 5. The van der Waals surface area contributed by atoms with Crippen molar-refractivity contribution in [3.05, 3.63) is 91.3 Å². The molecule has 0 spiro atoms. The molecule has 0 radical (unpaired) electrons. The number of imide groups is 1. The second-order valence-electron chi connectivity index (χ2n) is 5.63. The number of hydrogen-bond donors (Lipinski definition) is 0. The third kappa shape index (κ3) is 4.72. The van der Waals surface area contributed by atoms with Crippen LogP contribution in [-0.4, -0.2) is 21.0 Å². The van der Waals surface area contributed by atoms with Crippen LogP contribution in [0.3, 0.4) is 0 Å². The molecule has 136 valence electrons. The Balaban J connectivity index is 1.71. The van der Waals surface area contributed by atoms with E-state index in [-0.39, 0.29) is 23.4 Å². The van der Waals surface area contributed by atoms with Crippen molar-refractivity contribution in [2.75, 3.05) is 0 Å². The largest absolute Gasteiger partial charge is 0.293 e. The van der Waals surface area contributed by atoms with Gasteiger partial charge in [-0.05, 0) is 41.1 Å². The van der Waals surface area contributed by atoms with E-state index in [0.717, 1.165) is 21.8 Å². The Morgan fingerprint density at radius 3 is 2.59 bits per heavy atom. The van der Waals surface area contributed by atoms with E-state index in [1.165, 1.54) is 17.0 Å². The predicted molar refractivity (Wildman–Crippen MR) is 108 cm³/mol. The number of allylic oxidation sites excluding steroid dienone is 2. The first-order chi connectivity index (χ1) is 12.9. The highest BCUT2D eigenvalue weighted by molar-refractivity contribution is 9.10. The second-order valence-corrected chi connectivity index (χ2v) is 7.54. The lowest BCUT2D eigenvalue weighted by molar-refractivity contribution is -0.384. The average Bonchev–Trinajstić information content (AvgIpc) is 2.91. The lowest BCUT2D eigenvalue weighted by Gasteiger charge is -2.12. The van der Waals surface area contributed by atoms with Gasteiger partial charge in [-0.15, -0.1) is 0 Å². The minimum absolute atomic E-state index is 0.00743. The van der Waals surface area contributed by atoms with Crippen molar-refractivity contribution in [2.45, 2.75) is 6.54 Å². The molecule has 3 rings (SSSR count). The fourth-order valence-electron chi connectivity index (χ4n) is 2.41. The lowest BCUT2D eigenvalue weighted by Crippen LogP contribution is -2.27. The molecule has 2 aromatic rings. The van der Waals surface area contributed by atoms with Gasteiger partial charge in [-0.1, -0.05) is 52.3 Å².